The summed E-state index contributed by atoms with van der Waals surface area (Å²) in [4.78, 5) is 29.1. The molecule has 0 saturated heterocycles. The number of carbonyl (C=O) groups is 2. The predicted molar refractivity (Wildman–Crippen MR) is 178 cm³/mol. The van der Waals surface area contributed by atoms with Gasteiger partial charge in [-0.25, -0.2) is 8.42 Å². The van der Waals surface area contributed by atoms with Crippen LogP contribution in [-0.2, 0) is 32.6 Å². The third kappa shape index (κ3) is 10.3. The van der Waals surface area contributed by atoms with Crippen LogP contribution in [0, 0.1) is 0 Å². The Bertz CT molecular complexity index is 1520. The highest BCUT2D eigenvalue weighted by Crippen LogP contribution is 2.31. The highest BCUT2D eigenvalue weighted by atomic mass is 35.5. The first-order valence-corrected chi connectivity index (χ1v) is 17.3. The zero-order chi connectivity index (χ0) is 32.3. The number of hydrogen-bond donors (Lipinski definition) is 1. The first kappa shape index (κ1) is 35.5. The summed E-state index contributed by atoms with van der Waals surface area (Å²) >= 11 is 18.9. The number of ether oxygens (including phenoxy) is 1. The number of unbranched alkanes of at least 4 members (excludes halogenated alkanes) is 1. The van der Waals surface area contributed by atoms with Gasteiger partial charge in [0.1, 0.15) is 11.8 Å². The summed E-state index contributed by atoms with van der Waals surface area (Å²) in [5.74, 6) is -0.174. The van der Waals surface area contributed by atoms with Crippen LogP contribution in [0.5, 0.6) is 5.75 Å². The summed E-state index contributed by atoms with van der Waals surface area (Å²) in [6.45, 7) is 2.61. The molecule has 0 unspecified atom stereocenters. The van der Waals surface area contributed by atoms with Gasteiger partial charge in [0.05, 0.1) is 24.1 Å². The molecule has 0 radical (unpaired) electrons. The largest absolute Gasteiger partial charge is 0.495 e. The maximum absolute atomic E-state index is 14.0. The highest BCUT2D eigenvalue weighted by Gasteiger charge is 2.31. The molecule has 12 heteroatoms. The quantitative estimate of drug-likeness (QED) is 0.169. The Morgan fingerprint density at radius 3 is 2.30 bits per heavy atom. The van der Waals surface area contributed by atoms with E-state index in [9.17, 15) is 18.0 Å². The van der Waals surface area contributed by atoms with Crippen molar-refractivity contribution in [3.8, 4) is 5.75 Å². The molecule has 1 N–H and O–H groups in total. The number of halogens is 3. The van der Waals surface area contributed by atoms with Crippen LogP contribution in [0.15, 0.2) is 66.7 Å². The van der Waals surface area contributed by atoms with Gasteiger partial charge in [0.2, 0.25) is 21.8 Å². The maximum atomic E-state index is 14.0. The average Bonchev–Trinajstić information content (AvgIpc) is 2.98. The first-order chi connectivity index (χ1) is 20.9. The lowest BCUT2D eigenvalue weighted by atomic mass is 10.0. The van der Waals surface area contributed by atoms with Crippen LogP contribution in [0.2, 0.25) is 15.1 Å². The Morgan fingerprint density at radius 1 is 0.955 bits per heavy atom. The van der Waals surface area contributed by atoms with Crippen molar-refractivity contribution >= 4 is 62.3 Å². The number of nitrogens with zero attached hydrogens (tertiary/aromatic N) is 2. The summed E-state index contributed by atoms with van der Waals surface area (Å²) in [6.07, 6.45) is 3.26. The molecule has 0 aromatic heterocycles. The molecule has 44 heavy (non-hydrogen) atoms. The van der Waals surface area contributed by atoms with Gasteiger partial charge in [-0.2, -0.15) is 0 Å². The number of anilines is 1. The van der Waals surface area contributed by atoms with E-state index in [0.717, 1.165) is 24.7 Å². The molecule has 0 saturated carbocycles. The molecule has 2 amide bonds. The standard InChI is InChI=1S/C32H38Cl3N3O5S/c1-4-5-17-36-32(40)29(19-23-10-7-6-8-11-23)37(22-24-13-14-25(33)20-27(24)34)31(39)12-9-18-38(44(3,41)42)26-15-16-30(43-2)28(35)21-26/h6-8,10-11,13-16,20-21,29H,4-5,9,12,17-19,22H2,1-3H3,(H,36,40)/t29-/m0/s1. The molecule has 0 aliphatic rings. The van der Waals surface area contributed by atoms with Gasteiger partial charge in [0.15, 0.2) is 0 Å². The first-order valence-electron chi connectivity index (χ1n) is 14.3. The van der Waals surface area contributed by atoms with Gasteiger partial charge >= 0.3 is 0 Å². The second-order valence-electron chi connectivity index (χ2n) is 10.4. The van der Waals surface area contributed by atoms with Crippen molar-refractivity contribution < 1.29 is 22.7 Å². The number of hydrogen-bond acceptors (Lipinski definition) is 5. The van der Waals surface area contributed by atoms with Crippen LogP contribution in [0.3, 0.4) is 0 Å². The zero-order valence-electron chi connectivity index (χ0n) is 25.1. The highest BCUT2D eigenvalue weighted by molar-refractivity contribution is 7.92. The minimum absolute atomic E-state index is 0.0192. The topological polar surface area (TPSA) is 96.0 Å². The zero-order valence-corrected chi connectivity index (χ0v) is 28.1. The number of methoxy groups -OCH3 is 1. The van der Waals surface area contributed by atoms with Crippen molar-refractivity contribution in [2.24, 2.45) is 0 Å². The molecule has 0 aliphatic heterocycles. The van der Waals surface area contributed by atoms with Crippen LogP contribution < -0.4 is 14.4 Å². The predicted octanol–water partition coefficient (Wildman–Crippen LogP) is 6.76. The molecule has 238 valence electrons. The second-order valence-corrected chi connectivity index (χ2v) is 13.5. The normalized spacial score (nSPS) is 12.0. The minimum atomic E-state index is -3.70. The number of benzene rings is 3. The van der Waals surface area contributed by atoms with E-state index in [0.29, 0.717) is 33.6 Å². The van der Waals surface area contributed by atoms with Gasteiger partial charge in [0.25, 0.3) is 0 Å². The number of carbonyl (C=O) groups excluding carboxylic acids is 2. The number of amides is 2. The van der Waals surface area contributed by atoms with E-state index in [1.165, 1.54) is 22.4 Å². The van der Waals surface area contributed by atoms with Crippen molar-refractivity contribution in [2.75, 3.05) is 30.8 Å². The molecule has 8 nitrogen and oxygen atoms in total. The molecule has 1 atom stereocenters. The van der Waals surface area contributed by atoms with Crippen LogP contribution in [-0.4, -0.2) is 57.6 Å². The Hall–Kier alpha value is -2.98. The minimum Gasteiger partial charge on any atom is -0.495 e. The summed E-state index contributed by atoms with van der Waals surface area (Å²) in [5.41, 5.74) is 1.88. The van der Waals surface area contributed by atoms with Crippen LogP contribution >= 0.6 is 34.8 Å². The Kier molecular flexibility index (Phi) is 13.6. The molecular formula is C32H38Cl3N3O5S. The number of rotatable bonds is 16. The van der Waals surface area contributed by atoms with E-state index in [1.54, 1.807) is 30.3 Å². The van der Waals surface area contributed by atoms with Gasteiger partial charge in [0, 0.05) is 42.5 Å². The third-order valence-electron chi connectivity index (χ3n) is 7.03. The van der Waals surface area contributed by atoms with E-state index >= 15 is 0 Å². The van der Waals surface area contributed by atoms with Gasteiger partial charge in [-0.1, -0.05) is 84.5 Å². The van der Waals surface area contributed by atoms with Crippen molar-refractivity contribution in [3.05, 3.63) is 92.9 Å². The fourth-order valence-electron chi connectivity index (χ4n) is 4.71. The maximum Gasteiger partial charge on any atom is 0.243 e. The monoisotopic (exact) mass is 681 g/mol. The Morgan fingerprint density at radius 2 is 1.68 bits per heavy atom. The van der Waals surface area contributed by atoms with E-state index in [-0.39, 0.29) is 49.2 Å². The number of nitrogens with one attached hydrogen (secondary N) is 1. The van der Waals surface area contributed by atoms with E-state index < -0.39 is 16.1 Å². The summed E-state index contributed by atoms with van der Waals surface area (Å²) in [5, 5.41) is 4.07. The smallest absolute Gasteiger partial charge is 0.243 e. The number of sulfonamides is 1. The van der Waals surface area contributed by atoms with E-state index in [2.05, 4.69) is 5.32 Å². The van der Waals surface area contributed by atoms with Crippen molar-refractivity contribution in [1.29, 1.82) is 0 Å². The molecule has 3 rings (SSSR count). The van der Waals surface area contributed by atoms with Crippen LogP contribution in [0.25, 0.3) is 0 Å². The van der Waals surface area contributed by atoms with Gasteiger partial charge in [-0.3, -0.25) is 13.9 Å². The van der Waals surface area contributed by atoms with Crippen LogP contribution in [0.4, 0.5) is 5.69 Å². The van der Waals surface area contributed by atoms with Crippen molar-refractivity contribution in [1.82, 2.24) is 10.2 Å². The summed E-state index contributed by atoms with van der Waals surface area (Å²) < 4.78 is 31.8. The Balaban J connectivity index is 1.90. The van der Waals surface area contributed by atoms with Crippen molar-refractivity contribution in [3.63, 3.8) is 0 Å². The molecule has 3 aromatic carbocycles. The molecule has 0 heterocycles. The van der Waals surface area contributed by atoms with Gasteiger partial charge in [-0.15, -0.1) is 0 Å². The molecule has 0 fully saturated rings. The lowest BCUT2D eigenvalue weighted by Gasteiger charge is -2.32. The lowest BCUT2D eigenvalue weighted by Crippen LogP contribution is -2.50. The lowest BCUT2D eigenvalue weighted by molar-refractivity contribution is -0.141. The van der Waals surface area contributed by atoms with Gasteiger partial charge < -0.3 is 15.0 Å². The van der Waals surface area contributed by atoms with E-state index in [4.69, 9.17) is 39.5 Å². The molecule has 3 aromatic rings. The molecule has 0 aliphatic carbocycles. The summed E-state index contributed by atoms with van der Waals surface area (Å²) in [7, 11) is -2.23. The fraction of sp³-hybridized carbons (Fsp3) is 0.375. The second kappa shape index (κ2) is 16.9. The van der Waals surface area contributed by atoms with Gasteiger partial charge in [-0.05, 0) is 54.3 Å². The van der Waals surface area contributed by atoms with Crippen LogP contribution in [0.1, 0.15) is 43.7 Å². The fourth-order valence-corrected chi connectivity index (χ4v) is 6.39. The Labute approximate surface area is 275 Å². The average molecular weight is 683 g/mol. The molecule has 0 bridgehead atoms. The SMILES string of the molecule is CCCCNC(=O)[C@H](Cc1ccccc1)N(Cc1ccc(Cl)cc1Cl)C(=O)CCCN(c1ccc(OC)c(Cl)c1)S(C)(=O)=O. The van der Waals surface area contributed by atoms with E-state index in [1.807, 2.05) is 37.3 Å². The molecule has 0 spiro atoms. The third-order valence-corrected chi connectivity index (χ3v) is 9.11. The van der Waals surface area contributed by atoms with Crippen molar-refractivity contribution in [2.45, 2.75) is 51.6 Å². The molecular weight excluding hydrogens is 645 g/mol. The summed E-state index contributed by atoms with van der Waals surface area (Å²) in [6, 6.07) is 18.4.